The maximum absolute atomic E-state index is 13.1. The standard InChI is InChI=1S/C23H29FN4O4S/c1-26-16-20(25-30)22-21(33(26,31)32)10-15-28(22)12-3-2-11-27-13-8-18(9-14-27)23(29)17-4-6-19(24)7-5-17/h4-7,10,15,18,30H,2-3,8-9,11-14,16H2,1H3/b25-20-. The summed E-state index contributed by atoms with van der Waals surface area (Å²) >= 11 is 0. The number of hydrogen-bond acceptors (Lipinski definition) is 6. The van der Waals surface area contributed by atoms with E-state index in [0.29, 0.717) is 23.5 Å². The van der Waals surface area contributed by atoms with Crippen molar-refractivity contribution in [1.82, 2.24) is 13.8 Å². The van der Waals surface area contributed by atoms with Crippen LogP contribution in [0.1, 0.15) is 41.7 Å². The van der Waals surface area contributed by atoms with Gasteiger partial charge in [-0.05, 0) is 75.6 Å². The molecular weight excluding hydrogens is 447 g/mol. The Bertz CT molecular complexity index is 1140. The fraction of sp³-hybridized carbons (Fsp3) is 0.478. The highest BCUT2D eigenvalue weighted by Gasteiger charge is 2.35. The van der Waals surface area contributed by atoms with Crippen LogP contribution in [-0.4, -0.2) is 72.1 Å². The first kappa shape index (κ1) is 23.6. The molecule has 2 aliphatic rings. The summed E-state index contributed by atoms with van der Waals surface area (Å²) in [6.45, 7) is 3.28. The number of benzene rings is 1. The molecule has 1 N–H and O–H groups in total. The van der Waals surface area contributed by atoms with Gasteiger partial charge in [-0.1, -0.05) is 5.16 Å². The number of aryl methyl sites for hydroxylation is 1. The summed E-state index contributed by atoms with van der Waals surface area (Å²) in [6, 6.07) is 7.33. The van der Waals surface area contributed by atoms with Crippen LogP contribution in [0.25, 0.3) is 0 Å². The van der Waals surface area contributed by atoms with Crippen LogP contribution in [-0.2, 0) is 16.6 Å². The smallest absolute Gasteiger partial charge is 0.245 e. The Labute approximate surface area is 193 Å². The summed E-state index contributed by atoms with van der Waals surface area (Å²) in [6.07, 6.45) is 5.11. The molecule has 0 amide bonds. The number of oxime groups is 1. The molecule has 1 fully saturated rings. The number of hydrogen-bond donors (Lipinski definition) is 1. The first-order valence-corrected chi connectivity index (χ1v) is 12.6. The second kappa shape index (κ2) is 9.74. The van der Waals surface area contributed by atoms with Crippen LogP contribution in [0.2, 0.25) is 0 Å². The fourth-order valence-corrected chi connectivity index (χ4v) is 6.00. The number of likely N-dealkylation sites (tertiary alicyclic amines) is 1. The van der Waals surface area contributed by atoms with Crippen molar-refractivity contribution >= 4 is 21.5 Å². The number of piperidine rings is 1. The minimum atomic E-state index is -3.56. The number of carbonyl (C=O) groups excluding carboxylic acids is 1. The Hall–Kier alpha value is -2.56. The number of aromatic nitrogens is 1. The van der Waals surface area contributed by atoms with Gasteiger partial charge in [0, 0.05) is 31.3 Å². The Morgan fingerprint density at radius 2 is 1.79 bits per heavy atom. The third-order valence-electron chi connectivity index (χ3n) is 6.59. The van der Waals surface area contributed by atoms with E-state index in [1.54, 1.807) is 24.4 Å². The molecule has 33 heavy (non-hydrogen) atoms. The van der Waals surface area contributed by atoms with Crippen molar-refractivity contribution in [2.24, 2.45) is 11.1 Å². The van der Waals surface area contributed by atoms with Crippen molar-refractivity contribution in [3.63, 3.8) is 0 Å². The minimum absolute atomic E-state index is 0.0191. The summed E-state index contributed by atoms with van der Waals surface area (Å²) < 4.78 is 41.2. The zero-order valence-corrected chi connectivity index (χ0v) is 19.5. The lowest BCUT2D eigenvalue weighted by Crippen LogP contribution is -2.39. The predicted octanol–water partition coefficient (Wildman–Crippen LogP) is 2.81. The highest BCUT2D eigenvalue weighted by molar-refractivity contribution is 7.89. The largest absolute Gasteiger partial charge is 0.411 e. The van der Waals surface area contributed by atoms with Crippen LogP contribution in [0.3, 0.4) is 0 Å². The molecule has 0 aliphatic carbocycles. The average molecular weight is 477 g/mol. The second-order valence-electron chi connectivity index (χ2n) is 8.72. The van der Waals surface area contributed by atoms with E-state index >= 15 is 0 Å². The van der Waals surface area contributed by atoms with Crippen LogP contribution < -0.4 is 0 Å². The molecule has 10 heteroatoms. The van der Waals surface area contributed by atoms with Crippen LogP contribution in [0.5, 0.6) is 0 Å². The highest BCUT2D eigenvalue weighted by Crippen LogP contribution is 2.27. The number of rotatable bonds is 7. The van der Waals surface area contributed by atoms with E-state index in [4.69, 9.17) is 0 Å². The molecule has 0 radical (unpaired) electrons. The molecule has 0 spiro atoms. The first-order chi connectivity index (χ1) is 15.8. The topological polar surface area (TPSA) is 95.2 Å². The Kier molecular flexibility index (Phi) is 6.96. The van der Waals surface area contributed by atoms with Crippen molar-refractivity contribution < 1.29 is 22.8 Å². The molecule has 178 valence electrons. The van der Waals surface area contributed by atoms with Gasteiger partial charge >= 0.3 is 0 Å². The molecular formula is C23H29FN4O4S. The molecule has 0 unspecified atom stereocenters. The van der Waals surface area contributed by atoms with Crippen molar-refractivity contribution in [3.05, 3.63) is 53.6 Å². The fourth-order valence-electron chi connectivity index (χ4n) is 4.66. The van der Waals surface area contributed by atoms with E-state index in [-0.39, 0.29) is 29.0 Å². The van der Waals surface area contributed by atoms with Crippen LogP contribution >= 0.6 is 0 Å². The number of ketones is 1. The molecule has 2 aliphatic heterocycles. The van der Waals surface area contributed by atoms with Gasteiger partial charge in [0.05, 0.1) is 12.2 Å². The second-order valence-corrected chi connectivity index (χ2v) is 10.7. The Balaban J connectivity index is 1.26. The number of fused-ring (bicyclic) bond motifs is 1. The van der Waals surface area contributed by atoms with Crippen LogP contribution in [0.4, 0.5) is 4.39 Å². The van der Waals surface area contributed by atoms with Gasteiger partial charge in [-0.3, -0.25) is 4.79 Å². The third kappa shape index (κ3) is 4.87. The zero-order valence-electron chi connectivity index (χ0n) is 18.7. The normalized spacial score (nSPS) is 20.7. The molecule has 2 aromatic rings. The van der Waals surface area contributed by atoms with Crippen LogP contribution in [0, 0.1) is 11.7 Å². The Morgan fingerprint density at radius 3 is 2.45 bits per heavy atom. The summed E-state index contributed by atoms with van der Waals surface area (Å²) in [5.41, 5.74) is 1.39. The number of nitrogens with zero attached hydrogens (tertiary/aromatic N) is 4. The molecule has 1 aromatic carbocycles. The monoisotopic (exact) mass is 476 g/mol. The summed E-state index contributed by atoms with van der Waals surface area (Å²) in [7, 11) is -2.09. The number of sulfonamides is 1. The van der Waals surface area contributed by atoms with E-state index in [9.17, 15) is 22.8 Å². The predicted molar refractivity (Wildman–Crippen MR) is 122 cm³/mol. The van der Waals surface area contributed by atoms with Crippen molar-refractivity contribution in [2.75, 3.05) is 33.2 Å². The number of likely N-dealkylation sites (N-methyl/N-ethyl adjacent to an activating group) is 1. The maximum atomic E-state index is 13.1. The number of Topliss-reactive ketones (excluding diaryl/α,β-unsaturated/α-hetero) is 1. The number of carbonyl (C=O) groups is 1. The SMILES string of the molecule is CN1C/C(=N/O)c2c(ccn2CCCCN2CCC(C(=O)c3ccc(F)cc3)CC2)S1(=O)=O. The molecule has 1 saturated heterocycles. The minimum Gasteiger partial charge on any atom is -0.411 e. The van der Waals surface area contributed by atoms with Crippen molar-refractivity contribution in [1.29, 1.82) is 0 Å². The lowest BCUT2D eigenvalue weighted by atomic mass is 9.89. The van der Waals surface area contributed by atoms with Gasteiger partial charge in [-0.15, -0.1) is 0 Å². The van der Waals surface area contributed by atoms with Crippen molar-refractivity contribution in [3.8, 4) is 0 Å². The van der Waals surface area contributed by atoms with Gasteiger partial charge in [0.2, 0.25) is 10.0 Å². The Morgan fingerprint density at radius 1 is 1.12 bits per heavy atom. The number of halogens is 1. The summed E-state index contributed by atoms with van der Waals surface area (Å²) in [5.74, 6) is -0.265. The first-order valence-electron chi connectivity index (χ1n) is 11.2. The number of unbranched alkanes of at least 4 members (excludes halogenated alkanes) is 1. The van der Waals surface area contributed by atoms with E-state index in [0.717, 1.165) is 45.3 Å². The van der Waals surface area contributed by atoms with E-state index in [2.05, 4.69) is 10.1 Å². The molecule has 1 aromatic heterocycles. The van der Waals surface area contributed by atoms with Gasteiger partial charge in [0.1, 0.15) is 16.4 Å². The lowest BCUT2D eigenvalue weighted by molar-refractivity contribution is 0.0838. The summed E-state index contributed by atoms with van der Waals surface area (Å²) in [4.78, 5) is 15.2. The van der Waals surface area contributed by atoms with Gasteiger partial charge in [-0.2, -0.15) is 4.31 Å². The van der Waals surface area contributed by atoms with Crippen molar-refractivity contribution in [2.45, 2.75) is 37.1 Å². The maximum Gasteiger partial charge on any atom is 0.245 e. The van der Waals surface area contributed by atoms with Gasteiger partial charge in [0.25, 0.3) is 0 Å². The van der Waals surface area contributed by atoms with Crippen LogP contribution in [0.15, 0.2) is 46.6 Å². The third-order valence-corrected chi connectivity index (χ3v) is 8.43. The average Bonchev–Trinajstić information content (AvgIpc) is 3.25. The zero-order chi connectivity index (χ0) is 23.6. The molecule has 0 atom stereocenters. The highest BCUT2D eigenvalue weighted by atomic mass is 32.2. The quantitative estimate of drug-likeness (QED) is 0.287. The molecule has 0 saturated carbocycles. The van der Waals surface area contributed by atoms with Gasteiger partial charge in [-0.25, -0.2) is 12.8 Å². The van der Waals surface area contributed by atoms with Gasteiger partial charge in [0.15, 0.2) is 5.78 Å². The van der Waals surface area contributed by atoms with E-state index in [1.807, 2.05) is 4.57 Å². The molecule has 8 nitrogen and oxygen atoms in total. The van der Waals surface area contributed by atoms with E-state index in [1.165, 1.54) is 23.5 Å². The van der Waals surface area contributed by atoms with E-state index < -0.39 is 10.0 Å². The van der Waals surface area contributed by atoms with Gasteiger partial charge < -0.3 is 14.7 Å². The summed E-state index contributed by atoms with van der Waals surface area (Å²) in [5, 5.41) is 12.7. The molecule has 4 rings (SSSR count). The molecule has 0 bridgehead atoms. The molecule has 3 heterocycles. The lowest BCUT2D eigenvalue weighted by Gasteiger charge is -2.31.